The molecule has 0 saturated carbocycles. The van der Waals surface area contributed by atoms with Crippen LogP contribution in [-0.4, -0.2) is 23.9 Å². The quantitative estimate of drug-likeness (QED) is 0.722. The van der Waals surface area contributed by atoms with Crippen LogP contribution in [0.25, 0.3) is 0 Å². The SMILES string of the molecule is O=C(CC1CC2CCC(C1)N2)Nc1ccc(Cl)cc1NC(=O)c1ccco1. The molecule has 1 aromatic carbocycles. The van der Waals surface area contributed by atoms with Gasteiger partial charge in [0.1, 0.15) is 0 Å². The maximum atomic E-state index is 12.6. The van der Waals surface area contributed by atoms with Crippen LogP contribution in [0.1, 0.15) is 42.7 Å². The maximum Gasteiger partial charge on any atom is 0.291 e. The van der Waals surface area contributed by atoms with E-state index in [4.69, 9.17) is 16.0 Å². The molecule has 2 unspecified atom stereocenters. The highest BCUT2D eigenvalue weighted by Crippen LogP contribution is 2.33. The molecule has 0 radical (unpaired) electrons. The Morgan fingerprint density at radius 3 is 2.59 bits per heavy atom. The topological polar surface area (TPSA) is 83.4 Å². The van der Waals surface area contributed by atoms with E-state index in [0.29, 0.717) is 40.8 Å². The molecule has 142 valence electrons. The van der Waals surface area contributed by atoms with Crippen molar-refractivity contribution in [1.82, 2.24) is 5.32 Å². The number of halogens is 1. The predicted molar refractivity (Wildman–Crippen MR) is 104 cm³/mol. The monoisotopic (exact) mass is 387 g/mol. The van der Waals surface area contributed by atoms with Gasteiger partial charge in [-0.25, -0.2) is 0 Å². The molecule has 27 heavy (non-hydrogen) atoms. The van der Waals surface area contributed by atoms with Gasteiger partial charge in [-0.05, 0) is 61.9 Å². The predicted octanol–water partition coefficient (Wildman–Crippen LogP) is 4.04. The van der Waals surface area contributed by atoms with Crippen LogP contribution in [0.4, 0.5) is 11.4 Å². The van der Waals surface area contributed by atoms with E-state index >= 15 is 0 Å². The lowest BCUT2D eigenvalue weighted by Gasteiger charge is -2.28. The first-order chi connectivity index (χ1) is 13.1. The van der Waals surface area contributed by atoms with E-state index in [1.165, 1.54) is 19.1 Å². The second-order valence-corrected chi connectivity index (χ2v) is 7.79. The number of anilines is 2. The molecule has 2 saturated heterocycles. The lowest BCUT2D eigenvalue weighted by Crippen LogP contribution is -2.39. The van der Waals surface area contributed by atoms with Gasteiger partial charge in [0.05, 0.1) is 17.6 Å². The third-order valence-corrected chi connectivity index (χ3v) is 5.53. The number of fused-ring (bicyclic) bond motifs is 2. The van der Waals surface area contributed by atoms with E-state index in [9.17, 15) is 9.59 Å². The molecule has 0 spiro atoms. The first-order valence-electron chi connectivity index (χ1n) is 9.27. The summed E-state index contributed by atoms with van der Waals surface area (Å²) in [7, 11) is 0. The Labute approximate surface area is 162 Å². The molecule has 1 aromatic heterocycles. The normalized spacial score (nSPS) is 23.8. The number of carbonyl (C=O) groups excluding carboxylic acids is 2. The van der Waals surface area contributed by atoms with Crippen LogP contribution in [-0.2, 0) is 4.79 Å². The lowest BCUT2D eigenvalue weighted by molar-refractivity contribution is -0.117. The summed E-state index contributed by atoms with van der Waals surface area (Å²) >= 11 is 6.06. The van der Waals surface area contributed by atoms with E-state index < -0.39 is 5.91 Å². The van der Waals surface area contributed by atoms with Crippen molar-refractivity contribution in [2.45, 2.75) is 44.2 Å². The Bertz CT molecular complexity index is 825. The maximum absolute atomic E-state index is 12.6. The van der Waals surface area contributed by atoms with Gasteiger partial charge in [-0.3, -0.25) is 9.59 Å². The van der Waals surface area contributed by atoms with E-state index in [2.05, 4.69) is 16.0 Å². The summed E-state index contributed by atoms with van der Waals surface area (Å²) in [6.45, 7) is 0. The fourth-order valence-electron chi connectivity index (χ4n) is 4.13. The van der Waals surface area contributed by atoms with Gasteiger partial charge in [-0.1, -0.05) is 11.6 Å². The highest BCUT2D eigenvalue weighted by atomic mass is 35.5. The van der Waals surface area contributed by atoms with Gasteiger partial charge in [0.15, 0.2) is 5.76 Å². The summed E-state index contributed by atoms with van der Waals surface area (Å²) in [6.07, 6.45) is 6.44. The van der Waals surface area contributed by atoms with Gasteiger partial charge in [0.2, 0.25) is 5.91 Å². The molecule has 2 bridgehead atoms. The highest BCUT2D eigenvalue weighted by Gasteiger charge is 2.34. The molecule has 2 atom stereocenters. The largest absolute Gasteiger partial charge is 0.459 e. The highest BCUT2D eigenvalue weighted by molar-refractivity contribution is 6.31. The minimum absolute atomic E-state index is 0.0443. The van der Waals surface area contributed by atoms with Gasteiger partial charge < -0.3 is 20.4 Å². The van der Waals surface area contributed by atoms with Crippen molar-refractivity contribution in [3.8, 4) is 0 Å². The number of furan rings is 1. The van der Waals surface area contributed by atoms with Gasteiger partial charge in [-0.2, -0.15) is 0 Å². The molecule has 2 aliphatic heterocycles. The molecule has 7 heteroatoms. The summed E-state index contributed by atoms with van der Waals surface area (Å²) < 4.78 is 5.11. The third kappa shape index (κ3) is 4.34. The van der Waals surface area contributed by atoms with E-state index in [0.717, 1.165) is 12.8 Å². The molecular formula is C20H22ClN3O3. The third-order valence-electron chi connectivity index (χ3n) is 5.29. The first-order valence-corrected chi connectivity index (χ1v) is 9.65. The number of nitrogens with one attached hydrogen (secondary N) is 3. The number of hydrogen-bond donors (Lipinski definition) is 3. The van der Waals surface area contributed by atoms with Crippen molar-refractivity contribution in [3.05, 3.63) is 47.4 Å². The van der Waals surface area contributed by atoms with Crippen molar-refractivity contribution in [3.63, 3.8) is 0 Å². The zero-order chi connectivity index (χ0) is 18.8. The summed E-state index contributed by atoms with van der Waals surface area (Å²) in [4.78, 5) is 24.8. The minimum atomic E-state index is -0.396. The van der Waals surface area contributed by atoms with Crippen LogP contribution in [0.5, 0.6) is 0 Å². The number of rotatable bonds is 5. The number of carbonyl (C=O) groups is 2. The molecular weight excluding hydrogens is 366 g/mol. The molecule has 2 aliphatic rings. The van der Waals surface area contributed by atoms with Crippen molar-refractivity contribution in [2.24, 2.45) is 5.92 Å². The second-order valence-electron chi connectivity index (χ2n) is 7.35. The van der Waals surface area contributed by atoms with Gasteiger partial charge in [0.25, 0.3) is 5.91 Å². The average molecular weight is 388 g/mol. The summed E-state index contributed by atoms with van der Waals surface area (Å²) in [6, 6.07) is 9.32. The van der Waals surface area contributed by atoms with Crippen LogP contribution in [0, 0.1) is 5.92 Å². The first kappa shape index (κ1) is 18.1. The second kappa shape index (κ2) is 7.74. The standard InChI is InChI=1S/C20H22ClN3O3/c21-13-3-6-16(17(11-13)24-20(26)18-2-1-7-27-18)23-19(25)10-12-8-14-4-5-15(9-12)22-14/h1-3,6-7,11-12,14-15,22H,4-5,8-10H2,(H,23,25)(H,24,26). The summed E-state index contributed by atoms with van der Waals surface area (Å²) in [5.41, 5.74) is 0.976. The van der Waals surface area contributed by atoms with Gasteiger partial charge >= 0.3 is 0 Å². The number of amides is 2. The molecule has 3 heterocycles. The van der Waals surface area contributed by atoms with Crippen LogP contribution in [0.3, 0.4) is 0 Å². The molecule has 0 aliphatic carbocycles. The molecule has 2 fully saturated rings. The zero-order valence-corrected chi connectivity index (χ0v) is 15.6. The lowest BCUT2D eigenvalue weighted by atomic mass is 9.89. The molecule has 2 amide bonds. The van der Waals surface area contributed by atoms with Gasteiger partial charge in [0, 0.05) is 23.5 Å². The van der Waals surface area contributed by atoms with Gasteiger partial charge in [-0.15, -0.1) is 0 Å². The van der Waals surface area contributed by atoms with Crippen molar-refractivity contribution >= 4 is 34.8 Å². The Hall–Kier alpha value is -2.31. The zero-order valence-electron chi connectivity index (χ0n) is 14.8. The van der Waals surface area contributed by atoms with Crippen LogP contribution in [0.2, 0.25) is 5.02 Å². The molecule has 6 nitrogen and oxygen atoms in total. The van der Waals surface area contributed by atoms with Crippen LogP contribution >= 0.6 is 11.6 Å². The van der Waals surface area contributed by atoms with Crippen LogP contribution < -0.4 is 16.0 Å². The Balaban J connectivity index is 1.42. The Morgan fingerprint density at radius 1 is 1.11 bits per heavy atom. The molecule has 3 N–H and O–H groups in total. The minimum Gasteiger partial charge on any atom is -0.459 e. The average Bonchev–Trinajstić information content (AvgIpc) is 3.27. The molecule has 4 rings (SSSR count). The number of hydrogen-bond acceptors (Lipinski definition) is 4. The Kier molecular flexibility index (Phi) is 5.18. The number of benzene rings is 1. The fourth-order valence-corrected chi connectivity index (χ4v) is 4.30. The van der Waals surface area contributed by atoms with Crippen molar-refractivity contribution in [2.75, 3.05) is 10.6 Å². The Morgan fingerprint density at radius 2 is 1.89 bits per heavy atom. The van der Waals surface area contributed by atoms with Crippen molar-refractivity contribution < 1.29 is 14.0 Å². The van der Waals surface area contributed by atoms with Crippen molar-refractivity contribution in [1.29, 1.82) is 0 Å². The molecule has 2 aromatic rings. The fraction of sp³-hybridized carbons (Fsp3) is 0.400. The number of piperidine rings is 1. The van der Waals surface area contributed by atoms with Crippen LogP contribution in [0.15, 0.2) is 41.0 Å². The van der Waals surface area contributed by atoms with E-state index in [1.54, 1.807) is 30.3 Å². The van der Waals surface area contributed by atoms with E-state index in [1.807, 2.05) is 0 Å². The van der Waals surface area contributed by atoms with E-state index in [-0.39, 0.29) is 11.7 Å². The summed E-state index contributed by atoms with van der Waals surface area (Å²) in [5.74, 6) is 0.152. The summed E-state index contributed by atoms with van der Waals surface area (Å²) in [5, 5.41) is 9.73. The smallest absolute Gasteiger partial charge is 0.291 e.